The Morgan fingerprint density at radius 3 is 2.05 bits per heavy atom. The molecule has 4 N–H and O–H groups in total. The molecule has 98 valence electrons. The van der Waals surface area contributed by atoms with Crippen LogP contribution in [0, 0.1) is 0 Å². The molecular weight excluding hydrogens is 314 g/mol. The van der Waals surface area contributed by atoms with Crippen LogP contribution < -0.4 is 5.73 Å². The van der Waals surface area contributed by atoms with Crippen LogP contribution in [0.2, 0.25) is 0 Å². The minimum Gasteiger partial charge on any atom is -0.399 e. The number of halogens is 1. The van der Waals surface area contributed by atoms with Gasteiger partial charge in [-0.1, -0.05) is 28.1 Å². The number of aromatic nitrogens is 2. The van der Waals surface area contributed by atoms with Gasteiger partial charge in [0.05, 0.1) is 11.4 Å². The summed E-state index contributed by atoms with van der Waals surface area (Å²) in [6, 6.07) is 16.4. The Hall–Kier alpha value is -2.20. The van der Waals surface area contributed by atoms with Gasteiger partial charge >= 0.3 is 0 Å². The smallest absolute Gasteiger partial charge is 0.0630 e. The maximum atomic E-state index is 5.82. The van der Waals surface area contributed by atoms with E-state index in [0.29, 0.717) is 0 Å². The molecule has 0 aliphatic carbocycles. The molecule has 0 amide bonds. The number of hydrogen-bond acceptors (Lipinski definition) is 1. The van der Waals surface area contributed by atoms with Crippen molar-refractivity contribution in [1.82, 2.24) is 9.97 Å². The van der Waals surface area contributed by atoms with Gasteiger partial charge in [-0.05, 0) is 36.4 Å². The monoisotopic (exact) mass is 325 g/mol. The average molecular weight is 326 g/mol. The second-order valence-corrected chi connectivity index (χ2v) is 5.86. The number of anilines is 1. The average Bonchev–Trinajstić information content (AvgIpc) is 3.00. The molecule has 4 heteroatoms. The van der Waals surface area contributed by atoms with Crippen LogP contribution in [0.25, 0.3) is 33.2 Å². The maximum absolute atomic E-state index is 5.82. The highest BCUT2D eigenvalue weighted by Gasteiger charge is 2.07. The third-order valence-electron chi connectivity index (χ3n) is 3.52. The summed E-state index contributed by atoms with van der Waals surface area (Å²) in [5.74, 6) is 0. The predicted molar refractivity (Wildman–Crippen MR) is 87.7 cm³/mol. The standard InChI is InChI=1S/C16H12BrN3/c17-11-3-1-9-5-15(19-13(9)7-11)16-6-10-2-4-12(18)8-14(10)20-16/h1-8,19-20H,18H2. The van der Waals surface area contributed by atoms with Crippen molar-refractivity contribution in [1.29, 1.82) is 0 Å². The zero-order chi connectivity index (χ0) is 13.7. The van der Waals surface area contributed by atoms with Gasteiger partial charge in [0.15, 0.2) is 0 Å². The van der Waals surface area contributed by atoms with Crippen molar-refractivity contribution in [2.45, 2.75) is 0 Å². The molecule has 0 spiro atoms. The number of benzene rings is 2. The molecule has 0 unspecified atom stereocenters. The lowest BCUT2D eigenvalue weighted by molar-refractivity contribution is 1.38. The van der Waals surface area contributed by atoms with Gasteiger partial charge in [0.25, 0.3) is 0 Å². The number of hydrogen-bond donors (Lipinski definition) is 3. The molecule has 2 aromatic heterocycles. The van der Waals surface area contributed by atoms with Crippen LogP contribution in [-0.2, 0) is 0 Å². The quantitative estimate of drug-likeness (QED) is 0.438. The first-order valence-electron chi connectivity index (χ1n) is 6.36. The summed E-state index contributed by atoms with van der Waals surface area (Å²) in [6.45, 7) is 0. The number of nitrogens with two attached hydrogens (primary N) is 1. The van der Waals surface area contributed by atoms with Crippen LogP contribution in [0.1, 0.15) is 0 Å². The lowest BCUT2D eigenvalue weighted by Crippen LogP contribution is -1.82. The fourth-order valence-electron chi connectivity index (χ4n) is 2.53. The first-order valence-corrected chi connectivity index (χ1v) is 7.15. The van der Waals surface area contributed by atoms with Crippen LogP contribution in [0.15, 0.2) is 53.0 Å². The number of H-pyrrole nitrogens is 2. The van der Waals surface area contributed by atoms with E-state index in [0.717, 1.165) is 38.0 Å². The molecule has 0 radical (unpaired) electrons. The van der Waals surface area contributed by atoms with Gasteiger partial charge in [0, 0.05) is 32.0 Å². The second-order valence-electron chi connectivity index (χ2n) is 4.94. The van der Waals surface area contributed by atoms with E-state index < -0.39 is 0 Å². The highest BCUT2D eigenvalue weighted by Crippen LogP contribution is 2.28. The molecule has 3 nitrogen and oxygen atoms in total. The molecule has 0 fully saturated rings. The van der Waals surface area contributed by atoms with Crippen LogP contribution in [0.4, 0.5) is 5.69 Å². The summed E-state index contributed by atoms with van der Waals surface area (Å²) in [4.78, 5) is 6.84. The molecule has 0 atom stereocenters. The number of nitrogen functional groups attached to an aromatic ring is 1. The summed E-state index contributed by atoms with van der Waals surface area (Å²) in [5, 5.41) is 2.36. The van der Waals surface area contributed by atoms with E-state index in [-0.39, 0.29) is 0 Å². The fourth-order valence-corrected chi connectivity index (χ4v) is 2.90. The summed E-state index contributed by atoms with van der Waals surface area (Å²) < 4.78 is 1.07. The Bertz CT molecular complexity index is 855. The van der Waals surface area contributed by atoms with Gasteiger partial charge in [0.1, 0.15) is 0 Å². The van der Waals surface area contributed by atoms with E-state index in [2.05, 4.69) is 50.2 Å². The minimum atomic E-state index is 0.770. The van der Waals surface area contributed by atoms with Crippen molar-refractivity contribution >= 4 is 43.4 Å². The highest BCUT2D eigenvalue weighted by molar-refractivity contribution is 9.10. The van der Waals surface area contributed by atoms with Gasteiger partial charge in [-0.15, -0.1) is 0 Å². The number of nitrogens with one attached hydrogen (secondary N) is 2. The van der Waals surface area contributed by atoms with Gasteiger partial charge in [-0.25, -0.2) is 0 Å². The van der Waals surface area contributed by atoms with Crippen LogP contribution in [0.3, 0.4) is 0 Å². The number of rotatable bonds is 1. The zero-order valence-electron chi connectivity index (χ0n) is 10.6. The molecule has 4 rings (SSSR count). The molecule has 4 aromatic rings. The Kier molecular flexibility index (Phi) is 2.41. The van der Waals surface area contributed by atoms with E-state index in [1.165, 1.54) is 5.39 Å². The predicted octanol–water partition coefficient (Wildman–Crippen LogP) is 4.66. The zero-order valence-corrected chi connectivity index (χ0v) is 12.2. The Morgan fingerprint density at radius 1 is 0.750 bits per heavy atom. The van der Waals surface area contributed by atoms with Crippen molar-refractivity contribution < 1.29 is 0 Å². The SMILES string of the molecule is Nc1ccc2cc(-c3cc4ccc(Br)cc4[nH]3)[nH]c2c1. The lowest BCUT2D eigenvalue weighted by atomic mass is 10.2. The molecule has 2 aromatic carbocycles. The van der Waals surface area contributed by atoms with Crippen molar-refractivity contribution in [3.05, 3.63) is 53.0 Å². The van der Waals surface area contributed by atoms with Crippen molar-refractivity contribution in [2.75, 3.05) is 5.73 Å². The number of aromatic amines is 2. The largest absolute Gasteiger partial charge is 0.399 e. The molecule has 0 saturated heterocycles. The normalized spacial score (nSPS) is 11.4. The Labute approximate surface area is 123 Å². The highest BCUT2D eigenvalue weighted by atomic mass is 79.9. The van der Waals surface area contributed by atoms with Crippen LogP contribution in [0.5, 0.6) is 0 Å². The van der Waals surface area contributed by atoms with Crippen molar-refractivity contribution in [3.63, 3.8) is 0 Å². The molecule has 0 aliphatic heterocycles. The van der Waals surface area contributed by atoms with Gasteiger partial charge < -0.3 is 15.7 Å². The van der Waals surface area contributed by atoms with Crippen molar-refractivity contribution in [2.24, 2.45) is 0 Å². The van der Waals surface area contributed by atoms with Gasteiger partial charge in [-0.3, -0.25) is 0 Å². The molecule has 20 heavy (non-hydrogen) atoms. The van der Waals surface area contributed by atoms with E-state index in [4.69, 9.17) is 5.73 Å². The molecule has 0 saturated carbocycles. The summed E-state index contributed by atoms with van der Waals surface area (Å²) in [7, 11) is 0. The molecule has 2 heterocycles. The van der Waals surface area contributed by atoms with Crippen LogP contribution in [-0.4, -0.2) is 9.97 Å². The maximum Gasteiger partial charge on any atom is 0.0630 e. The van der Waals surface area contributed by atoms with Gasteiger partial charge in [0.2, 0.25) is 0 Å². The number of fused-ring (bicyclic) bond motifs is 2. The first kappa shape index (κ1) is 11.6. The lowest BCUT2D eigenvalue weighted by Gasteiger charge is -1.92. The Balaban J connectivity index is 1.91. The summed E-state index contributed by atoms with van der Waals surface area (Å²) >= 11 is 3.49. The van der Waals surface area contributed by atoms with Crippen LogP contribution >= 0.6 is 15.9 Å². The van der Waals surface area contributed by atoms with Gasteiger partial charge in [-0.2, -0.15) is 0 Å². The van der Waals surface area contributed by atoms with E-state index in [1.807, 2.05) is 24.3 Å². The molecule has 0 aliphatic rings. The first-order chi connectivity index (χ1) is 9.69. The third-order valence-corrected chi connectivity index (χ3v) is 4.01. The minimum absolute atomic E-state index is 0.770. The topological polar surface area (TPSA) is 57.6 Å². The fraction of sp³-hybridized carbons (Fsp3) is 0. The summed E-state index contributed by atoms with van der Waals surface area (Å²) in [5.41, 5.74) is 10.9. The van der Waals surface area contributed by atoms with E-state index in [1.54, 1.807) is 0 Å². The van der Waals surface area contributed by atoms with E-state index >= 15 is 0 Å². The molecule has 0 bridgehead atoms. The molecular formula is C16H12BrN3. The Morgan fingerprint density at radius 2 is 1.35 bits per heavy atom. The third kappa shape index (κ3) is 1.80. The summed E-state index contributed by atoms with van der Waals surface area (Å²) in [6.07, 6.45) is 0. The van der Waals surface area contributed by atoms with Crippen molar-refractivity contribution in [3.8, 4) is 11.4 Å². The van der Waals surface area contributed by atoms with E-state index in [9.17, 15) is 0 Å². The second kappa shape index (κ2) is 4.15.